The Hall–Kier alpha value is -3.06. The maximum absolute atomic E-state index is 11.9. The molecule has 0 saturated carbocycles. The Labute approximate surface area is 166 Å². The molecule has 6 nitrogen and oxygen atoms in total. The molecule has 0 fully saturated rings. The van der Waals surface area contributed by atoms with Crippen LogP contribution in [-0.2, 0) is 12.8 Å². The molecule has 0 radical (unpaired) electrons. The molecule has 0 aliphatic rings. The standard InChI is InChI=1S/C21H19N3O3S/c1-13-4-6-14(7-5-13)20-22-23-21(24(20)2)28-12-15-10-19(25)27-18-11-16(26-3)8-9-17(15)18/h4-11H,12H2,1-3H3. The van der Waals surface area contributed by atoms with Crippen LogP contribution in [0.15, 0.2) is 62.9 Å². The number of ether oxygens (including phenoxy) is 1. The summed E-state index contributed by atoms with van der Waals surface area (Å²) in [6.07, 6.45) is 0. The molecule has 0 bridgehead atoms. The van der Waals surface area contributed by atoms with Crippen molar-refractivity contribution in [3.8, 4) is 17.1 Å². The average molecular weight is 393 g/mol. The van der Waals surface area contributed by atoms with Crippen LogP contribution in [0.3, 0.4) is 0 Å². The van der Waals surface area contributed by atoms with Gasteiger partial charge in [0.15, 0.2) is 11.0 Å². The number of fused-ring (bicyclic) bond motifs is 1. The highest BCUT2D eigenvalue weighted by Crippen LogP contribution is 2.29. The lowest BCUT2D eigenvalue weighted by molar-refractivity contribution is 0.414. The van der Waals surface area contributed by atoms with Gasteiger partial charge in [-0.05, 0) is 24.6 Å². The molecule has 7 heteroatoms. The minimum absolute atomic E-state index is 0.380. The molecule has 142 valence electrons. The van der Waals surface area contributed by atoms with Gasteiger partial charge >= 0.3 is 5.63 Å². The molecule has 2 aromatic carbocycles. The summed E-state index contributed by atoms with van der Waals surface area (Å²) in [5.74, 6) is 2.04. The summed E-state index contributed by atoms with van der Waals surface area (Å²) >= 11 is 1.53. The smallest absolute Gasteiger partial charge is 0.336 e. The molecule has 0 atom stereocenters. The summed E-state index contributed by atoms with van der Waals surface area (Å²) in [6.45, 7) is 2.05. The van der Waals surface area contributed by atoms with Crippen molar-refractivity contribution in [1.82, 2.24) is 14.8 Å². The summed E-state index contributed by atoms with van der Waals surface area (Å²) in [5.41, 5.74) is 3.24. The highest BCUT2D eigenvalue weighted by Gasteiger charge is 2.13. The molecule has 0 unspecified atom stereocenters. The van der Waals surface area contributed by atoms with E-state index in [9.17, 15) is 4.79 Å². The third kappa shape index (κ3) is 3.53. The SMILES string of the molecule is COc1ccc2c(CSc3nnc(-c4ccc(C)cc4)n3C)cc(=O)oc2c1. The molecule has 0 saturated heterocycles. The van der Waals surface area contributed by atoms with Crippen LogP contribution in [0.5, 0.6) is 5.75 Å². The van der Waals surface area contributed by atoms with Crippen molar-refractivity contribution < 1.29 is 9.15 Å². The highest BCUT2D eigenvalue weighted by molar-refractivity contribution is 7.98. The van der Waals surface area contributed by atoms with E-state index in [0.29, 0.717) is 17.1 Å². The summed E-state index contributed by atoms with van der Waals surface area (Å²) in [5, 5.41) is 10.3. The van der Waals surface area contributed by atoms with Gasteiger partial charge in [-0.25, -0.2) is 4.79 Å². The van der Waals surface area contributed by atoms with Crippen molar-refractivity contribution in [2.45, 2.75) is 17.8 Å². The van der Waals surface area contributed by atoms with E-state index in [4.69, 9.17) is 9.15 Å². The van der Waals surface area contributed by atoms with E-state index in [1.54, 1.807) is 13.2 Å². The molecule has 0 spiro atoms. The molecule has 4 aromatic rings. The lowest BCUT2D eigenvalue weighted by Gasteiger charge is -2.07. The van der Waals surface area contributed by atoms with Crippen LogP contribution in [0, 0.1) is 6.92 Å². The summed E-state index contributed by atoms with van der Waals surface area (Å²) in [4.78, 5) is 11.9. The summed E-state index contributed by atoms with van der Waals surface area (Å²) in [6, 6.07) is 15.2. The first kappa shape index (κ1) is 18.3. The first-order valence-electron chi connectivity index (χ1n) is 8.75. The Kier molecular flexibility index (Phi) is 4.92. The predicted octanol–water partition coefficient (Wildman–Crippen LogP) is 4.20. The molecule has 0 aliphatic heterocycles. The van der Waals surface area contributed by atoms with Gasteiger partial charge in [-0.2, -0.15) is 0 Å². The number of aromatic nitrogens is 3. The minimum atomic E-state index is -0.380. The van der Waals surface area contributed by atoms with E-state index in [0.717, 1.165) is 27.5 Å². The number of nitrogens with zero attached hydrogens (tertiary/aromatic N) is 3. The third-order valence-electron chi connectivity index (χ3n) is 4.54. The fraction of sp³-hybridized carbons (Fsp3) is 0.190. The van der Waals surface area contributed by atoms with E-state index in [-0.39, 0.29) is 5.63 Å². The van der Waals surface area contributed by atoms with Crippen LogP contribution in [-0.4, -0.2) is 21.9 Å². The summed E-state index contributed by atoms with van der Waals surface area (Å²) in [7, 11) is 3.53. The van der Waals surface area contributed by atoms with Gasteiger partial charge in [0.25, 0.3) is 0 Å². The van der Waals surface area contributed by atoms with Gasteiger partial charge in [0, 0.05) is 35.9 Å². The van der Waals surface area contributed by atoms with Gasteiger partial charge in [0.2, 0.25) is 0 Å². The van der Waals surface area contributed by atoms with Crippen molar-refractivity contribution in [3.63, 3.8) is 0 Å². The van der Waals surface area contributed by atoms with E-state index < -0.39 is 0 Å². The second kappa shape index (κ2) is 7.52. The Bertz CT molecular complexity index is 1200. The molecular formula is C21H19N3O3S. The average Bonchev–Trinajstić information content (AvgIpc) is 3.06. The van der Waals surface area contributed by atoms with Crippen LogP contribution >= 0.6 is 11.8 Å². The van der Waals surface area contributed by atoms with Crippen LogP contribution in [0.4, 0.5) is 0 Å². The van der Waals surface area contributed by atoms with Gasteiger partial charge in [0.05, 0.1) is 7.11 Å². The van der Waals surface area contributed by atoms with Gasteiger partial charge in [-0.15, -0.1) is 10.2 Å². The number of hydrogen-bond donors (Lipinski definition) is 0. The quantitative estimate of drug-likeness (QED) is 0.374. The molecule has 28 heavy (non-hydrogen) atoms. The van der Waals surface area contributed by atoms with Crippen LogP contribution in [0.25, 0.3) is 22.4 Å². The zero-order valence-corrected chi connectivity index (χ0v) is 16.6. The topological polar surface area (TPSA) is 70.2 Å². The molecule has 0 amide bonds. The lowest BCUT2D eigenvalue weighted by atomic mass is 10.1. The zero-order valence-electron chi connectivity index (χ0n) is 15.8. The second-order valence-electron chi connectivity index (χ2n) is 6.47. The Morgan fingerprint density at radius 1 is 1.11 bits per heavy atom. The van der Waals surface area contributed by atoms with E-state index >= 15 is 0 Å². The monoisotopic (exact) mass is 393 g/mol. The number of rotatable bonds is 5. The van der Waals surface area contributed by atoms with Crippen molar-refractivity contribution in [1.29, 1.82) is 0 Å². The van der Waals surface area contributed by atoms with E-state index in [1.807, 2.05) is 35.9 Å². The molecule has 0 N–H and O–H groups in total. The Balaban J connectivity index is 1.62. The van der Waals surface area contributed by atoms with E-state index in [1.165, 1.54) is 23.4 Å². The Morgan fingerprint density at radius 2 is 1.89 bits per heavy atom. The molecule has 2 aromatic heterocycles. The van der Waals surface area contributed by atoms with Crippen molar-refractivity contribution >= 4 is 22.7 Å². The van der Waals surface area contributed by atoms with Crippen molar-refractivity contribution in [2.24, 2.45) is 7.05 Å². The van der Waals surface area contributed by atoms with Crippen LogP contribution in [0.2, 0.25) is 0 Å². The second-order valence-corrected chi connectivity index (χ2v) is 7.42. The predicted molar refractivity (Wildman–Crippen MR) is 110 cm³/mol. The van der Waals surface area contributed by atoms with Gasteiger partial charge < -0.3 is 13.7 Å². The molecule has 0 aliphatic carbocycles. The Morgan fingerprint density at radius 3 is 2.64 bits per heavy atom. The van der Waals surface area contributed by atoms with Gasteiger partial charge in [-0.3, -0.25) is 0 Å². The van der Waals surface area contributed by atoms with Crippen LogP contribution < -0.4 is 10.4 Å². The fourth-order valence-electron chi connectivity index (χ4n) is 2.99. The fourth-order valence-corrected chi connectivity index (χ4v) is 3.90. The first-order valence-corrected chi connectivity index (χ1v) is 9.74. The third-order valence-corrected chi connectivity index (χ3v) is 5.61. The maximum Gasteiger partial charge on any atom is 0.336 e. The zero-order chi connectivity index (χ0) is 19.7. The van der Waals surface area contributed by atoms with E-state index in [2.05, 4.69) is 29.3 Å². The van der Waals surface area contributed by atoms with Crippen LogP contribution in [0.1, 0.15) is 11.1 Å². The lowest BCUT2D eigenvalue weighted by Crippen LogP contribution is -2.01. The maximum atomic E-state index is 11.9. The first-order chi connectivity index (χ1) is 13.5. The number of thioether (sulfide) groups is 1. The van der Waals surface area contributed by atoms with Crippen molar-refractivity contribution in [2.75, 3.05) is 7.11 Å². The number of benzene rings is 2. The largest absolute Gasteiger partial charge is 0.497 e. The number of methoxy groups -OCH3 is 1. The molecule has 2 heterocycles. The minimum Gasteiger partial charge on any atom is -0.497 e. The van der Waals surface area contributed by atoms with Gasteiger partial charge in [-0.1, -0.05) is 41.6 Å². The number of aryl methyl sites for hydroxylation is 1. The van der Waals surface area contributed by atoms with Crippen molar-refractivity contribution in [3.05, 3.63) is 70.1 Å². The van der Waals surface area contributed by atoms with Gasteiger partial charge in [0.1, 0.15) is 11.3 Å². The highest BCUT2D eigenvalue weighted by atomic mass is 32.2. The normalized spacial score (nSPS) is 11.1. The molecule has 4 rings (SSSR count). The molecular weight excluding hydrogens is 374 g/mol. The number of hydrogen-bond acceptors (Lipinski definition) is 6. The summed E-state index contributed by atoms with van der Waals surface area (Å²) < 4.78 is 12.5.